The van der Waals surface area contributed by atoms with Crippen LogP contribution in [0.5, 0.6) is 0 Å². The lowest BCUT2D eigenvalue weighted by molar-refractivity contribution is 1.36. The van der Waals surface area contributed by atoms with Gasteiger partial charge >= 0.3 is 0 Å². The van der Waals surface area contributed by atoms with Gasteiger partial charge in [0, 0.05) is 18.3 Å². The van der Waals surface area contributed by atoms with Crippen LogP contribution in [0.3, 0.4) is 0 Å². The van der Waals surface area contributed by atoms with E-state index < -0.39 is 0 Å². The predicted molar refractivity (Wildman–Crippen MR) is 51.7 cm³/mol. The first-order valence-electron chi connectivity index (χ1n) is 3.78. The van der Waals surface area contributed by atoms with Gasteiger partial charge in [-0.3, -0.25) is 5.41 Å². The zero-order valence-corrected chi connectivity index (χ0v) is 7.31. The molecular formula is C9H13N3. The van der Waals surface area contributed by atoms with Gasteiger partial charge in [-0.1, -0.05) is 12.1 Å². The van der Waals surface area contributed by atoms with Crippen molar-refractivity contribution < 1.29 is 0 Å². The number of benzene rings is 1. The Morgan fingerprint density at radius 1 is 1.50 bits per heavy atom. The van der Waals surface area contributed by atoms with Crippen LogP contribution in [0, 0.1) is 12.3 Å². The Hall–Kier alpha value is -1.51. The number of hydrogen-bond acceptors (Lipinski definition) is 2. The van der Waals surface area contributed by atoms with Gasteiger partial charge in [0.05, 0.1) is 0 Å². The number of nitrogens with one attached hydrogen (secondary N) is 2. The van der Waals surface area contributed by atoms with E-state index in [4.69, 9.17) is 11.1 Å². The first kappa shape index (κ1) is 8.59. The highest BCUT2D eigenvalue weighted by atomic mass is 14.8. The van der Waals surface area contributed by atoms with Crippen LogP contribution in [0.25, 0.3) is 0 Å². The van der Waals surface area contributed by atoms with Crippen LogP contribution >= 0.6 is 0 Å². The Bertz CT molecular complexity index is 305. The summed E-state index contributed by atoms with van der Waals surface area (Å²) in [5.74, 6) is 0.100. The Balaban J connectivity index is 3.27. The fourth-order valence-electron chi connectivity index (χ4n) is 1.22. The predicted octanol–water partition coefficient (Wildman–Crippen LogP) is 1.32. The van der Waals surface area contributed by atoms with Gasteiger partial charge in [0.15, 0.2) is 0 Å². The average Bonchev–Trinajstić information content (AvgIpc) is 2.03. The van der Waals surface area contributed by atoms with Crippen molar-refractivity contribution >= 4 is 11.5 Å². The lowest BCUT2D eigenvalue weighted by Gasteiger charge is -2.09. The van der Waals surface area contributed by atoms with Crippen LogP contribution in [-0.2, 0) is 0 Å². The third kappa shape index (κ3) is 1.39. The molecule has 0 aliphatic heterocycles. The number of anilines is 1. The molecule has 1 aromatic carbocycles. The van der Waals surface area contributed by atoms with Crippen molar-refractivity contribution in [2.45, 2.75) is 6.92 Å². The molecule has 0 heterocycles. The van der Waals surface area contributed by atoms with E-state index in [1.807, 2.05) is 32.2 Å². The molecule has 0 unspecified atom stereocenters. The van der Waals surface area contributed by atoms with Gasteiger partial charge in [-0.25, -0.2) is 0 Å². The summed E-state index contributed by atoms with van der Waals surface area (Å²) in [4.78, 5) is 0. The first-order chi connectivity index (χ1) is 5.66. The van der Waals surface area contributed by atoms with Crippen LogP contribution in [-0.4, -0.2) is 12.9 Å². The fourth-order valence-corrected chi connectivity index (χ4v) is 1.22. The largest absolute Gasteiger partial charge is 0.387 e. The summed E-state index contributed by atoms with van der Waals surface area (Å²) in [6.07, 6.45) is 0. The van der Waals surface area contributed by atoms with Gasteiger partial charge in [0.25, 0.3) is 0 Å². The smallest absolute Gasteiger partial charge is 0.124 e. The van der Waals surface area contributed by atoms with Gasteiger partial charge in [-0.15, -0.1) is 0 Å². The Morgan fingerprint density at radius 3 is 2.58 bits per heavy atom. The van der Waals surface area contributed by atoms with Gasteiger partial charge in [-0.05, 0) is 18.6 Å². The quantitative estimate of drug-likeness (QED) is 0.455. The van der Waals surface area contributed by atoms with E-state index in [2.05, 4.69) is 5.32 Å². The Kier molecular flexibility index (Phi) is 2.33. The first-order valence-corrected chi connectivity index (χ1v) is 3.78. The van der Waals surface area contributed by atoms with Crippen molar-refractivity contribution in [3.63, 3.8) is 0 Å². The molecule has 0 amide bonds. The number of rotatable bonds is 2. The van der Waals surface area contributed by atoms with Crippen molar-refractivity contribution in [3.8, 4) is 0 Å². The molecule has 1 aromatic rings. The van der Waals surface area contributed by atoms with Crippen LogP contribution in [0.4, 0.5) is 5.69 Å². The lowest BCUT2D eigenvalue weighted by atomic mass is 10.1. The maximum absolute atomic E-state index is 7.31. The molecule has 0 atom stereocenters. The molecule has 0 aliphatic rings. The van der Waals surface area contributed by atoms with Crippen LogP contribution in [0.15, 0.2) is 18.2 Å². The standard InChI is InChI=1S/C9H13N3/c1-6-4-3-5-7(9(10)11)8(6)12-2/h3-5,12H,1-2H3,(H3,10,11). The normalized spacial score (nSPS) is 9.50. The van der Waals surface area contributed by atoms with Crippen molar-refractivity contribution in [1.82, 2.24) is 0 Å². The monoisotopic (exact) mass is 163 g/mol. The van der Waals surface area contributed by atoms with Gasteiger partial charge < -0.3 is 11.1 Å². The van der Waals surface area contributed by atoms with Crippen LogP contribution in [0.2, 0.25) is 0 Å². The molecule has 0 spiro atoms. The van der Waals surface area contributed by atoms with E-state index in [0.29, 0.717) is 0 Å². The van der Waals surface area contributed by atoms with E-state index in [-0.39, 0.29) is 5.84 Å². The Morgan fingerprint density at radius 2 is 2.17 bits per heavy atom. The molecule has 0 aliphatic carbocycles. The second kappa shape index (κ2) is 3.26. The minimum Gasteiger partial charge on any atom is -0.387 e. The number of hydrogen-bond donors (Lipinski definition) is 3. The second-order valence-electron chi connectivity index (χ2n) is 2.66. The molecule has 0 fully saturated rings. The summed E-state index contributed by atoms with van der Waals surface area (Å²) >= 11 is 0. The molecule has 0 bridgehead atoms. The minimum absolute atomic E-state index is 0.100. The van der Waals surface area contributed by atoms with Crippen molar-refractivity contribution in [1.29, 1.82) is 5.41 Å². The van der Waals surface area contributed by atoms with Gasteiger partial charge in [0.2, 0.25) is 0 Å². The van der Waals surface area contributed by atoms with E-state index in [9.17, 15) is 0 Å². The third-order valence-electron chi connectivity index (χ3n) is 1.81. The highest BCUT2D eigenvalue weighted by Gasteiger charge is 2.04. The summed E-state index contributed by atoms with van der Waals surface area (Å²) in [7, 11) is 1.83. The highest BCUT2D eigenvalue weighted by Crippen LogP contribution is 2.18. The van der Waals surface area contributed by atoms with E-state index in [1.54, 1.807) is 0 Å². The minimum atomic E-state index is 0.100. The summed E-state index contributed by atoms with van der Waals surface area (Å²) in [6, 6.07) is 5.71. The topological polar surface area (TPSA) is 61.9 Å². The molecule has 1 rings (SSSR count). The zero-order chi connectivity index (χ0) is 9.14. The van der Waals surface area contributed by atoms with Gasteiger partial charge in [0.1, 0.15) is 5.84 Å². The number of nitrogens with two attached hydrogens (primary N) is 1. The molecule has 0 radical (unpaired) electrons. The molecule has 0 saturated heterocycles. The summed E-state index contributed by atoms with van der Waals surface area (Å²) in [5.41, 5.74) is 8.20. The number of amidine groups is 1. The zero-order valence-electron chi connectivity index (χ0n) is 7.31. The summed E-state index contributed by atoms with van der Waals surface area (Å²) in [5, 5.41) is 10.3. The van der Waals surface area contributed by atoms with Crippen LogP contribution in [0.1, 0.15) is 11.1 Å². The van der Waals surface area contributed by atoms with E-state index in [1.165, 1.54) is 0 Å². The number of aryl methyl sites for hydroxylation is 1. The Labute approximate surface area is 72.1 Å². The second-order valence-corrected chi connectivity index (χ2v) is 2.66. The van der Waals surface area contributed by atoms with Crippen molar-refractivity contribution in [3.05, 3.63) is 29.3 Å². The average molecular weight is 163 g/mol. The summed E-state index contributed by atoms with van der Waals surface area (Å²) in [6.45, 7) is 1.98. The molecule has 64 valence electrons. The molecule has 3 nitrogen and oxygen atoms in total. The molecular weight excluding hydrogens is 150 g/mol. The van der Waals surface area contributed by atoms with Crippen LogP contribution < -0.4 is 11.1 Å². The molecule has 0 aromatic heterocycles. The maximum atomic E-state index is 7.31. The third-order valence-corrected chi connectivity index (χ3v) is 1.81. The fraction of sp³-hybridized carbons (Fsp3) is 0.222. The van der Waals surface area contributed by atoms with E-state index >= 15 is 0 Å². The molecule has 4 N–H and O–H groups in total. The SMILES string of the molecule is CNc1c(C)cccc1C(=N)N. The lowest BCUT2D eigenvalue weighted by Crippen LogP contribution is -2.14. The maximum Gasteiger partial charge on any atom is 0.124 e. The number of para-hydroxylation sites is 1. The summed E-state index contributed by atoms with van der Waals surface area (Å²) < 4.78 is 0. The van der Waals surface area contributed by atoms with E-state index in [0.717, 1.165) is 16.8 Å². The number of nitrogen functional groups attached to an aromatic ring is 1. The highest BCUT2D eigenvalue weighted by molar-refractivity contribution is 6.00. The van der Waals surface area contributed by atoms with Gasteiger partial charge in [-0.2, -0.15) is 0 Å². The molecule has 0 saturated carbocycles. The van der Waals surface area contributed by atoms with Crippen molar-refractivity contribution in [2.75, 3.05) is 12.4 Å². The molecule has 12 heavy (non-hydrogen) atoms. The molecule has 3 heteroatoms. The van der Waals surface area contributed by atoms with Crippen molar-refractivity contribution in [2.24, 2.45) is 5.73 Å².